The predicted octanol–water partition coefficient (Wildman–Crippen LogP) is 3.39. The van der Waals surface area contributed by atoms with Gasteiger partial charge in [0, 0.05) is 19.5 Å². The van der Waals surface area contributed by atoms with Crippen molar-refractivity contribution in [3.63, 3.8) is 0 Å². The van der Waals surface area contributed by atoms with E-state index in [1.165, 1.54) is 5.56 Å². The van der Waals surface area contributed by atoms with Gasteiger partial charge in [0.05, 0.1) is 5.92 Å². The molecule has 1 aliphatic carbocycles. The second kappa shape index (κ2) is 6.36. The Morgan fingerprint density at radius 3 is 2.52 bits per heavy atom. The van der Waals surface area contributed by atoms with Gasteiger partial charge in [0.15, 0.2) is 0 Å². The van der Waals surface area contributed by atoms with Crippen LogP contribution in [0.4, 0.5) is 0 Å². The number of nitrogens with zero attached hydrogens (tertiary/aromatic N) is 1. The van der Waals surface area contributed by atoms with Crippen LogP contribution in [-0.2, 0) is 16.1 Å². The molecule has 4 heteroatoms. The lowest BCUT2D eigenvalue weighted by Crippen LogP contribution is -2.40. The third kappa shape index (κ3) is 3.16. The maximum Gasteiger partial charge on any atom is 0.312 e. The monoisotopic (exact) mass is 335 g/mol. The van der Waals surface area contributed by atoms with Crippen LogP contribution in [-0.4, -0.2) is 28.4 Å². The normalized spacial score (nSPS) is 24.5. The van der Waals surface area contributed by atoms with E-state index >= 15 is 0 Å². The van der Waals surface area contributed by atoms with Gasteiger partial charge in [-0.1, -0.05) is 54.6 Å². The van der Waals surface area contributed by atoms with Crippen LogP contribution in [0.3, 0.4) is 0 Å². The number of carbonyl (C=O) groups is 2. The first-order valence-corrected chi connectivity index (χ1v) is 8.77. The van der Waals surface area contributed by atoms with Crippen molar-refractivity contribution in [1.82, 2.24) is 4.90 Å². The first-order chi connectivity index (χ1) is 12.1. The first kappa shape index (κ1) is 15.9. The molecule has 1 N–H and O–H groups in total. The minimum atomic E-state index is -0.862. The highest BCUT2D eigenvalue weighted by molar-refractivity contribution is 5.82. The fourth-order valence-electron chi connectivity index (χ4n) is 3.94. The van der Waals surface area contributed by atoms with Gasteiger partial charge in [-0.15, -0.1) is 0 Å². The molecule has 3 atom stereocenters. The van der Waals surface area contributed by atoms with Gasteiger partial charge >= 0.3 is 5.97 Å². The van der Waals surface area contributed by atoms with Crippen LogP contribution in [0.25, 0.3) is 0 Å². The summed E-state index contributed by atoms with van der Waals surface area (Å²) in [6.45, 7) is 0.787. The summed E-state index contributed by atoms with van der Waals surface area (Å²) in [6.07, 6.45) is 1.55. The average Bonchev–Trinajstić information content (AvgIpc) is 3.40. The maximum absolute atomic E-state index is 12.7. The number of carboxylic acids is 1. The minimum Gasteiger partial charge on any atom is -0.481 e. The molecule has 0 radical (unpaired) electrons. The minimum absolute atomic E-state index is 0.0733. The van der Waals surface area contributed by atoms with Gasteiger partial charge in [-0.3, -0.25) is 9.59 Å². The second-order valence-corrected chi connectivity index (χ2v) is 7.08. The third-order valence-electron chi connectivity index (χ3n) is 5.43. The SMILES string of the molecule is O=C(O)C1CN(C(=O)C[C@@H]2C[C@H]2c2ccccc2)Cc2ccccc21. The van der Waals surface area contributed by atoms with Crippen LogP contribution in [0.2, 0.25) is 0 Å². The van der Waals surface area contributed by atoms with Crippen molar-refractivity contribution in [2.75, 3.05) is 6.54 Å². The number of hydrogen-bond acceptors (Lipinski definition) is 2. The molecular weight excluding hydrogens is 314 g/mol. The van der Waals surface area contributed by atoms with Crippen molar-refractivity contribution in [2.24, 2.45) is 5.92 Å². The highest BCUT2D eigenvalue weighted by atomic mass is 16.4. The number of hydrogen-bond donors (Lipinski definition) is 1. The maximum atomic E-state index is 12.7. The molecular formula is C21H21NO3. The van der Waals surface area contributed by atoms with Crippen molar-refractivity contribution in [1.29, 1.82) is 0 Å². The van der Waals surface area contributed by atoms with E-state index in [-0.39, 0.29) is 12.5 Å². The molecule has 1 unspecified atom stereocenters. The molecule has 25 heavy (non-hydrogen) atoms. The zero-order chi connectivity index (χ0) is 17.4. The van der Waals surface area contributed by atoms with E-state index in [2.05, 4.69) is 12.1 Å². The summed E-state index contributed by atoms with van der Waals surface area (Å²) in [5.74, 6) is -0.561. The van der Waals surface area contributed by atoms with Crippen LogP contribution >= 0.6 is 0 Å². The van der Waals surface area contributed by atoms with E-state index in [4.69, 9.17) is 0 Å². The third-order valence-corrected chi connectivity index (χ3v) is 5.43. The molecule has 2 aromatic rings. The van der Waals surface area contributed by atoms with Crippen molar-refractivity contribution in [3.8, 4) is 0 Å². The van der Waals surface area contributed by atoms with E-state index in [1.807, 2.05) is 42.5 Å². The molecule has 4 nitrogen and oxygen atoms in total. The standard InChI is InChI=1S/C21H21NO3/c23-20(11-16-10-18(16)14-6-2-1-3-7-14)22-12-15-8-4-5-9-17(15)19(13-22)21(24)25/h1-9,16,18-19H,10-13H2,(H,24,25)/t16-,18-,19?/m0/s1. The summed E-state index contributed by atoms with van der Waals surface area (Å²) in [5.41, 5.74) is 3.09. The van der Waals surface area contributed by atoms with Crippen molar-refractivity contribution >= 4 is 11.9 Å². The summed E-state index contributed by atoms with van der Waals surface area (Å²) >= 11 is 0. The molecule has 1 fully saturated rings. The van der Waals surface area contributed by atoms with E-state index in [0.717, 1.165) is 17.5 Å². The molecule has 2 aliphatic rings. The fourth-order valence-corrected chi connectivity index (χ4v) is 3.94. The summed E-state index contributed by atoms with van der Waals surface area (Å²) in [4.78, 5) is 26.1. The Morgan fingerprint density at radius 1 is 1.04 bits per heavy atom. The zero-order valence-corrected chi connectivity index (χ0v) is 14.0. The molecule has 0 saturated heterocycles. The van der Waals surface area contributed by atoms with Gasteiger partial charge in [0.2, 0.25) is 5.91 Å². The molecule has 1 amide bonds. The highest BCUT2D eigenvalue weighted by Crippen LogP contribution is 2.49. The van der Waals surface area contributed by atoms with E-state index in [1.54, 1.807) is 4.90 Å². The van der Waals surface area contributed by atoms with Gasteiger partial charge < -0.3 is 10.0 Å². The molecule has 1 aliphatic heterocycles. The quantitative estimate of drug-likeness (QED) is 0.932. The van der Waals surface area contributed by atoms with Gasteiger partial charge in [0.25, 0.3) is 0 Å². The number of benzene rings is 2. The molecule has 4 rings (SSSR count). The molecule has 0 spiro atoms. The van der Waals surface area contributed by atoms with Gasteiger partial charge in [-0.25, -0.2) is 0 Å². The predicted molar refractivity (Wildman–Crippen MR) is 94.1 cm³/mol. The number of amides is 1. The lowest BCUT2D eigenvalue weighted by molar-refractivity contribution is -0.141. The van der Waals surface area contributed by atoms with Crippen molar-refractivity contribution < 1.29 is 14.7 Å². The smallest absolute Gasteiger partial charge is 0.312 e. The van der Waals surface area contributed by atoms with Crippen molar-refractivity contribution in [2.45, 2.75) is 31.2 Å². The summed E-state index contributed by atoms with van der Waals surface area (Å²) in [6, 6.07) is 17.9. The number of fused-ring (bicyclic) bond motifs is 1. The second-order valence-electron chi connectivity index (χ2n) is 7.08. The molecule has 0 bridgehead atoms. The van der Waals surface area contributed by atoms with Gasteiger partial charge in [-0.2, -0.15) is 0 Å². The Hall–Kier alpha value is -2.62. The number of carbonyl (C=O) groups excluding carboxylic acids is 1. The Labute approximate surface area is 147 Å². The van der Waals surface area contributed by atoms with Crippen LogP contribution in [0, 0.1) is 5.92 Å². The van der Waals surface area contributed by atoms with Crippen LogP contribution in [0.5, 0.6) is 0 Å². The summed E-state index contributed by atoms with van der Waals surface area (Å²) < 4.78 is 0. The van der Waals surface area contributed by atoms with Gasteiger partial charge in [0.1, 0.15) is 0 Å². The summed E-state index contributed by atoms with van der Waals surface area (Å²) in [7, 11) is 0. The lowest BCUT2D eigenvalue weighted by Gasteiger charge is -2.33. The Balaban J connectivity index is 1.44. The van der Waals surface area contributed by atoms with E-state index in [9.17, 15) is 14.7 Å². The Morgan fingerprint density at radius 2 is 1.76 bits per heavy atom. The topological polar surface area (TPSA) is 57.6 Å². The Bertz CT molecular complexity index is 802. The lowest BCUT2D eigenvalue weighted by atomic mass is 9.89. The molecule has 1 heterocycles. The van der Waals surface area contributed by atoms with Crippen LogP contribution < -0.4 is 0 Å². The van der Waals surface area contributed by atoms with Gasteiger partial charge in [-0.05, 0) is 34.9 Å². The zero-order valence-electron chi connectivity index (χ0n) is 14.0. The highest BCUT2D eigenvalue weighted by Gasteiger charge is 2.41. The Kier molecular flexibility index (Phi) is 4.04. The van der Waals surface area contributed by atoms with Crippen molar-refractivity contribution in [3.05, 3.63) is 71.3 Å². The average molecular weight is 335 g/mol. The number of rotatable bonds is 4. The molecule has 2 aromatic carbocycles. The summed E-state index contributed by atoms with van der Waals surface area (Å²) in [5, 5.41) is 9.53. The van der Waals surface area contributed by atoms with E-state index in [0.29, 0.717) is 24.8 Å². The first-order valence-electron chi connectivity index (χ1n) is 8.77. The molecule has 128 valence electrons. The van der Waals surface area contributed by atoms with Crippen LogP contribution in [0.15, 0.2) is 54.6 Å². The fraction of sp³-hybridized carbons (Fsp3) is 0.333. The largest absolute Gasteiger partial charge is 0.481 e. The van der Waals surface area contributed by atoms with Crippen LogP contribution in [0.1, 0.15) is 41.4 Å². The molecule has 1 saturated carbocycles. The number of carboxylic acid groups (broad SMARTS) is 1. The van der Waals surface area contributed by atoms with E-state index < -0.39 is 11.9 Å². The molecule has 0 aromatic heterocycles. The number of aliphatic carboxylic acids is 1.